The molecule has 0 amide bonds. The molecule has 3 aromatic rings. The lowest BCUT2D eigenvalue weighted by molar-refractivity contribution is 0.321. The number of aryl methyl sites for hydroxylation is 1. The summed E-state index contributed by atoms with van der Waals surface area (Å²) in [6, 6.07) is 7.97. The van der Waals surface area contributed by atoms with Crippen molar-refractivity contribution in [2.24, 2.45) is 5.92 Å². The van der Waals surface area contributed by atoms with Crippen LogP contribution in [0.4, 0.5) is 0 Å². The number of hydrogen-bond donors (Lipinski definition) is 1. The summed E-state index contributed by atoms with van der Waals surface area (Å²) in [5.74, 6) is 0.714. The number of nitrogens with zero attached hydrogens (tertiary/aromatic N) is 4. The van der Waals surface area contributed by atoms with Gasteiger partial charge in [0.15, 0.2) is 0 Å². The van der Waals surface area contributed by atoms with Gasteiger partial charge in [0, 0.05) is 18.3 Å². The van der Waals surface area contributed by atoms with Crippen LogP contribution in [0.3, 0.4) is 0 Å². The van der Waals surface area contributed by atoms with Crippen LogP contribution >= 0.6 is 0 Å². The third-order valence-corrected chi connectivity index (χ3v) is 4.57. The Morgan fingerprint density at radius 1 is 1.17 bits per heavy atom. The highest BCUT2D eigenvalue weighted by atomic mass is 15.3. The molecule has 1 N–H and O–H groups in total. The van der Waals surface area contributed by atoms with Crippen molar-refractivity contribution in [3.8, 4) is 11.3 Å². The zero-order valence-corrected chi connectivity index (χ0v) is 13.4. The van der Waals surface area contributed by atoms with Crippen LogP contribution in [-0.2, 0) is 6.54 Å². The number of aromatic nitrogens is 4. The van der Waals surface area contributed by atoms with Crippen molar-refractivity contribution in [3.63, 3.8) is 0 Å². The summed E-state index contributed by atoms with van der Waals surface area (Å²) in [6.07, 6.45) is 6.42. The summed E-state index contributed by atoms with van der Waals surface area (Å²) in [4.78, 5) is 9.26. The van der Waals surface area contributed by atoms with E-state index in [4.69, 9.17) is 4.98 Å². The van der Waals surface area contributed by atoms with Gasteiger partial charge in [-0.2, -0.15) is 5.10 Å². The number of piperidine rings is 1. The molecule has 3 heterocycles. The Morgan fingerprint density at radius 3 is 2.78 bits per heavy atom. The van der Waals surface area contributed by atoms with Crippen molar-refractivity contribution in [2.45, 2.75) is 26.3 Å². The summed E-state index contributed by atoms with van der Waals surface area (Å²) in [5.41, 5.74) is 4.85. The molecule has 0 aliphatic carbocycles. The van der Waals surface area contributed by atoms with E-state index in [0.29, 0.717) is 5.92 Å². The van der Waals surface area contributed by atoms with Gasteiger partial charge in [0.05, 0.1) is 28.6 Å². The summed E-state index contributed by atoms with van der Waals surface area (Å²) < 4.78 is 2.08. The third kappa shape index (κ3) is 2.97. The number of rotatable bonds is 3. The Morgan fingerprint density at radius 2 is 1.96 bits per heavy atom. The van der Waals surface area contributed by atoms with E-state index in [2.05, 4.69) is 26.3 Å². The predicted molar refractivity (Wildman–Crippen MR) is 91.1 cm³/mol. The van der Waals surface area contributed by atoms with Gasteiger partial charge in [-0.15, -0.1) is 0 Å². The van der Waals surface area contributed by atoms with E-state index < -0.39 is 0 Å². The van der Waals surface area contributed by atoms with Crippen LogP contribution in [0.15, 0.2) is 36.7 Å². The van der Waals surface area contributed by atoms with E-state index in [9.17, 15) is 0 Å². The molecule has 0 spiro atoms. The molecule has 0 radical (unpaired) electrons. The van der Waals surface area contributed by atoms with Crippen LogP contribution in [0, 0.1) is 12.8 Å². The van der Waals surface area contributed by atoms with Crippen LogP contribution in [0.1, 0.15) is 18.5 Å². The average Bonchev–Trinajstić information content (AvgIpc) is 2.95. The first-order valence-corrected chi connectivity index (χ1v) is 8.26. The summed E-state index contributed by atoms with van der Waals surface area (Å²) >= 11 is 0. The smallest absolute Gasteiger partial charge is 0.0927 e. The van der Waals surface area contributed by atoms with Crippen molar-refractivity contribution < 1.29 is 0 Å². The minimum absolute atomic E-state index is 0.714. The fraction of sp³-hybridized carbons (Fsp3) is 0.389. The second-order valence-corrected chi connectivity index (χ2v) is 6.29. The van der Waals surface area contributed by atoms with Gasteiger partial charge < -0.3 is 5.32 Å². The van der Waals surface area contributed by atoms with Gasteiger partial charge in [-0.3, -0.25) is 9.67 Å². The van der Waals surface area contributed by atoms with Crippen molar-refractivity contribution in [3.05, 3.63) is 42.4 Å². The number of hydrogen-bond acceptors (Lipinski definition) is 4. The first-order chi connectivity index (χ1) is 11.3. The van der Waals surface area contributed by atoms with Crippen molar-refractivity contribution in [1.82, 2.24) is 25.1 Å². The van der Waals surface area contributed by atoms with E-state index in [1.807, 2.05) is 37.4 Å². The highest BCUT2D eigenvalue weighted by Gasteiger charge is 2.16. The zero-order chi connectivity index (χ0) is 15.6. The monoisotopic (exact) mass is 307 g/mol. The van der Waals surface area contributed by atoms with Gasteiger partial charge in [-0.1, -0.05) is 12.1 Å². The quantitative estimate of drug-likeness (QED) is 0.808. The van der Waals surface area contributed by atoms with Crippen LogP contribution in [0.5, 0.6) is 0 Å². The SMILES string of the molecule is Cc1nn(CC2CCNCC2)cc1-c1cnc2ccccc2n1. The van der Waals surface area contributed by atoms with E-state index >= 15 is 0 Å². The number of nitrogens with one attached hydrogen (secondary N) is 1. The molecule has 5 nitrogen and oxygen atoms in total. The Labute approximate surface area is 135 Å². The second-order valence-electron chi connectivity index (χ2n) is 6.29. The highest BCUT2D eigenvalue weighted by molar-refractivity contribution is 5.77. The molecule has 1 fully saturated rings. The van der Waals surface area contributed by atoms with E-state index in [1.54, 1.807) is 0 Å². The molecule has 2 aromatic heterocycles. The normalized spacial score (nSPS) is 16.0. The van der Waals surface area contributed by atoms with Crippen LogP contribution in [0.25, 0.3) is 22.3 Å². The Kier molecular flexibility index (Phi) is 3.79. The van der Waals surface area contributed by atoms with E-state index in [-0.39, 0.29) is 0 Å². The van der Waals surface area contributed by atoms with Crippen LogP contribution < -0.4 is 5.32 Å². The molecular weight excluding hydrogens is 286 g/mol. The molecular formula is C18H21N5. The minimum Gasteiger partial charge on any atom is -0.317 e. The maximum atomic E-state index is 4.74. The molecule has 1 saturated heterocycles. The van der Waals surface area contributed by atoms with Crippen molar-refractivity contribution in [1.29, 1.82) is 0 Å². The van der Waals surface area contributed by atoms with Crippen molar-refractivity contribution >= 4 is 11.0 Å². The molecule has 0 atom stereocenters. The number of para-hydroxylation sites is 2. The summed E-state index contributed by atoms with van der Waals surface area (Å²) in [5, 5.41) is 8.10. The molecule has 1 aliphatic rings. The van der Waals surface area contributed by atoms with Gasteiger partial charge in [0.2, 0.25) is 0 Å². The Bertz CT molecular complexity index is 817. The molecule has 4 rings (SSSR count). The zero-order valence-electron chi connectivity index (χ0n) is 13.4. The van der Waals surface area contributed by atoms with Crippen LogP contribution in [0.2, 0.25) is 0 Å². The molecule has 0 bridgehead atoms. The lowest BCUT2D eigenvalue weighted by atomic mass is 9.98. The minimum atomic E-state index is 0.714. The van der Waals surface area contributed by atoms with E-state index in [1.165, 1.54) is 12.8 Å². The molecule has 1 aliphatic heterocycles. The first-order valence-electron chi connectivity index (χ1n) is 8.26. The second kappa shape index (κ2) is 6.08. The first kappa shape index (κ1) is 14.3. The van der Waals surface area contributed by atoms with Gasteiger partial charge in [0.25, 0.3) is 0 Å². The summed E-state index contributed by atoms with van der Waals surface area (Å²) in [6.45, 7) is 5.27. The fourth-order valence-electron chi connectivity index (χ4n) is 3.28. The number of benzene rings is 1. The third-order valence-electron chi connectivity index (χ3n) is 4.57. The predicted octanol–water partition coefficient (Wildman–Crippen LogP) is 2.80. The molecule has 0 unspecified atom stereocenters. The lowest BCUT2D eigenvalue weighted by Crippen LogP contribution is -2.30. The standard InChI is InChI=1S/C18H21N5/c1-13-15(12-23(22-13)11-14-6-8-19-9-7-14)18-10-20-16-4-2-3-5-17(16)21-18/h2-5,10,12,14,19H,6-9,11H2,1H3. The Hall–Kier alpha value is -2.27. The Balaban J connectivity index is 1.62. The number of fused-ring (bicyclic) bond motifs is 1. The van der Waals surface area contributed by atoms with E-state index in [0.717, 1.165) is 47.6 Å². The molecule has 23 heavy (non-hydrogen) atoms. The largest absolute Gasteiger partial charge is 0.317 e. The van der Waals surface area contributed by atoms with Crippen LogP contribution in [-0.4, -0.2) is 32.8 Å². The lowest BCUT2D eigenvalue weighted by Gasteiger charge is -2.22. The van der Waals surface area contributed by atoms with Gasteiger partial charge in [-0.05, 0) is 50.9 Å². The molecule has 1 aromatic carbocycles. The fourth-order valence-corrected chi connectivity index (χ4v) is 3.28. The maximum Gasteiger partial charge on any atom is 0.0927 e. The topological polar surface area (TPSA) is 55.6 Å². The average molecular weight is 307 g/mol. The molecule has 118 valence electrons. The highest BCUT2D eigenvalue weighted by Crippen LogP contribution is 2.23. The summed E-state index contributed by atoms with van der Waals surface area (Å²) in [7, 11) is 0. The van der Waals surface area contributed by atoms with Gasteiger partial charge in [-0.25, -0.2) is 4.98 Å². The van der Waals surface area contributed by atoms with Crippen molar-refractivity contribution in [2.75, 3.05) is 13.1 Å². The van der Waals surface area contributed by atoms with Gasteiger partial charge >= 0.3 is 0 Å². The van der Waals surface area contributed by atoms with Gasteiger partial charge in [0.1, 0.15) is 0 Å². The molecule has 0 saturated carbocycles. The molecule has 5 heteroatoms. The maximum absolute atomic E-state index is 4.74.